The topological polar surface area (TPSA) is 25.8 Å². The Balaban J connectivity index is 1.71. The molecule has 0 atom stereocenters. The van der Waals surface area contributed by atoms with Gasteiger partial charge in [0.05, 0.1) is 26.9 Å². The van der Waals surface area contributed by atoms with Gasteiger partial charge in [-0.3, -0.25) is 0 Å². The summed E-state index contributed by atoms with van der Waals surface area (Å²) in [5.74, 6) is 0. The predicted molar refractivity (Wildman–Crippen MR) is 92.1 cm³/mol. The van der Waals surface area contributed by atoms with Crippen molar-refractivity contribution in [3.8, 4) is 0 Å². The molecule has 104 valence electrons. The molecule has 0 bridgehead atoms. The third kappa shape index (κ3) is 2.64. The summed E-state index contributed by atoms with van der Waals surface area (Å²) in [6.45, 7) is 0. The SMILES string of the molecule is Clc1ccc2sc(Cc3nc4cc(Cl)ccc4s3)nc2c1. The maximum Gasteiger partial charge on any atom is 0.101 e. The van der Waals surface area contributed by atoms with E-state index in [1.54, 1.807) is 22.7 Å². The summed E-state index contributed by atoms with van der Waals surface area (Å²) < 4.78 is 2.30. The Morgan fingerprint density at radius 1 is 0.762 bits per heavy atom. The van der Waals surface area contributed by atoms with Crippen molar-refractivity contribution in [2.24, 2.45) is 0 Å². The normalized spacial score (nSPS) is 11.5. The number of nitrogens with zero attached hydrogens (tertiary/aromatic N) is 2. The molecule has 0 aliphatic carbocycles. The fraction of sp³-hybridized carbons (Fsp3) is 0.0667. The van der Waals surface area contributed by atoms with Crippen LogP contribution in [0.2, 0.25) is 10.0 Å². The summed E-state index contributed by atoms with van der Waals surface area (Å²) in [6, 6.07) is 11.6. The highest BCUT2D eigenvalue weighted by molar-refractivity contribution is 7.20. The molecule has 0 aliphatic rings. The molecular formula is C15H8Cl2N2S2. The van der Waals surface area contributed by atoms with Crippen LogP contribution in [0, 0.1) is 0 Å². The number of halogens is 2. The van der Waals surface area contributed by atoms with Crippen molar-refractivity contribution in [1.82, 2.24) is 9.97 Å². The van der Waals surface area contributed by atoms with Gasteiger partial charge in [0.2, 0.25) is 0 Å². The van der Waals surface area contributed by atoms with Crippen molar-refractivity contribution in [2.75, 3.05) is 0 Å². The zero-order chi connectivity index (χ0) is 14.4. The molecule has 0 aliphatic heterocycles. The average molecular weight is 351 g/mol. The summed E-state index contributed by atoms with van der Waals surface area (Å²) in [5.41, 5.74) is 1.90. The molecule has 0 saturated carbocycles. The molecule has 0 radical (unpaired) electrons. The van der Waals surface area contributed by atoms with E-state index in [2.05, 4.69) is 9.97 Å². The molecule has 21 heavy (non-hydrogen) atoms. The second-order valence-electron chi connectivity index (χ2n) is 4.62. The van der Waals surface area contributed by atoms with Gasteiger partial charge in [0.15, 0.2) is 0 Å². The van der Waals surface area contributed by atoms with Crippen LogP contribution in [0.15, 0.2) is 36.4 Å². The molecule has 2 nitrogen and oxygen atoms in total. The van der Waals surface area contributed by atoms with Gasteiger partial charge < -0.3 is 0 Å². The van der Waals surface area contributed by atoms with Crippen LogP contribution in [0.4, 0.5) is 0 Å². The first kappa shape index (κ1) is 13.5. The molecule has 0 saturated heterocycles. The van der Waals surface area contributed by atoms with Gasteiger partial charge in [-0.2, -0.15) is 0 Å². The van der Waals surface area contributed by atoms with E-state index in [0.717, 1.165) is 36.9 Å². The molecule has 2 heterocycles. The minimum absolute atomic E-state index is 0.717. The van der Waals surface area contributed by atoms with E-state index in [1.165, 1.54) is 0 Å². The lowest BCUT2D eigenvalue weighted by Crippen LogP contribution is -1.84. The van der Waals surface area contributed by atoms with Crippen molar-refractivity contribution in [1.29, 1.82) is 0 Å². The largest absolute Gasteiger partial charge is 0.241 e. The third-order valence-electron chi connectivity index (χ3n) is 3.09. The van der Waals surface area contributed by atoms with E-state index in [4.69, 9.17) is 23.2 Å². The smallest absolute Gasteiger partial charge is 0.101 e. The van der Waals surface area contributed by atoms with Gasteiger partial charge in [-0.15, -0.1) is 22.7 Å². The van der Waals surface area contributed by atoms with Gasteiger partial charge in [0.1, 0.15) is 10.0 Å². The molecule has 4 aromatic rings. The van der Waals surface area contributed by atoms with Crippen LogP contribution in [-0.4, -0.2) is 9.97 Å². The van der Waals surface area contributed by atoms with Gasteiger partial charge in [-0.1, -0.05) is 23.2 Å². The molecule has 6 heteroatoms. The van der Waals surface area contributed by atoms with Crippen molar-refractivity contribution in [2.45, 2.75) is 6.42 Å². The Bertz CT molecular complexity index is 881. The number of hydrogen-bond donors (Lipinski definition) is 0. The molecule has 2 aromatic carbocycles. The summed E-state index contributed by atoms with van der Waals surface area (Å²) in [5, 5.41) is 3.54. The molecule has 0 N–H and O–H groups in total. The van der Waals surface area contributed by atoms with Crippen LogP contribution < -0.4 is 0 Å². The van der Waals surface area contributed by atoms with Gasteiger partial charge in [0.25, 0.3) is 0 Å². The lowest BCUT2D eigenvalue weighted by molar-refractivity contribution is 1.13. The monoisotopic (exact) mass is 350 g/mol. The number of benzene rings is 2. The second-order valence-corrected chi connectivity index (χ2v) is 7.72. The fourth-order valence-electron chi connectivity index (χ4n) is 2.18. The number of rotatable bonds is 2. The fourth-order valence-corrected chi connectivity index (χ4v) is 4.51. The summed E-state index contributed by atoms with van der Waals surface area (Å²) in [4.78, 5) is 9.26. The summed E-state index contributed by atoms with van der Waals surface area (Å²) >= 11 is 15.4. The maximum absolute atomic E-state index is 6.00. The first-order valence-electron chi connectivity index (χ1n) is 6.27. The second kappa shape index (κ2) is 5.21. The van der Waals surface area contributed by atoms with Crippen LogP contribution in [0.1, 0.15) is 10.0 Å². The zero-order valence-corrected chi connectivity index (χ0v) is 13.8. The Kier molecular flexibility index (Phi) is 3.34. The van der Waals surface area contributed by atoms with E-state index in [1.807, 2.05) is 36.4 Å². The minimum Gasteiger partial charge on any atom is -0.241 e. The standard InChI is InChI=1S/C15H8Cl2N2S2/c16-8-1-3-12-10(5-8)18-14(20-12)7-15-19-11-6-9(17)2-4-13(11)21-15/h1-6H,7H2. The Labute approximate surface area is 139 Å². The molecule has 0 amide bonds. The molecular weight excluding hydrogens is 343 g/mol. The molecule has 2 aromatic heterocycles. The summed E-state index contributed by atoms with van der Waals surface area (Å²) in [6.07, 6.45) is 0.744. The Hall–Kier alpha value is -1.20. The van der Waals surface area contributed by atoms with Crippen LogP contribution >= 0.6 is 45.9 Å². The number of hydrogen-bond acceptors (Lipinski definition) is 4. The third-order valence-corrected chi connectivity index (χ3v) is 5.63. The number of fused-ring (bicyclic) bond motifs is 2. The quantitative estimate of drug-likeness (QED) is 0.456. The van der Waals surface area contributed by atoms with Crippen LogP contribution in [0.3, 0.4) is 0 Å². The highest BCUT2D eigenvalue weighted by atomic mass is 35.5. The number of thiazole rings is 2. The molecule has 0 spiro atoms. The molecule has 0 unspecified atom stereocenters. The van der Waals surface area contributed by atoms with Crippen LogP contribution in [0.25, 0.3) is 20.4 Å². The van der Waals surface area contributed by atoms with Crippen molar-refractivity contribution in [3.05, 3.63) is 56.5 Å². The maximum atomic E-state index is 6.00. The Morgan fingerprint density at radius 2 is 1.24 bits per heavy atom. The Morgan fingerprint density at radius 3 is 1.71 bits per heavy atom. The van der Waals surface area contributed by atoms with Crippen LogP contribution in [-0.2, 0) is 6.42 Å². The van der Waals surface area contributed by atoms with E-state index in [-0.39, 0.29) is 0 Å². The van der Waals surface area contributed by atoms with Gasteiger partial charge in [0, 0.05) is 10.0 Å². The van der Waals surface area contributed by atoms with E-state index >= 15 is 0 Å². The van der Waals surface area contributed by atoms with Gasteiger partial charge in [-0.25, -0.2) is 9.97 Å². The van der Waals surface area contributed by atoms with Gasteiger partial charge >= 0.3 is 0 Å². The molecule has 4 rings (SSSR count). The predicted octanol–water partition coefficient (Wildman–Crippen LogP) is 5.80. The highest BCUT2D eigenvalue weighted by Crippen LogP contribution is 2.30. The van der Waals surface area contributed by atoms with E-state index in [9.17, 15) is 0 Å². The van der Waals surface area contributed by atoms with Crippen molar-refractivity contribution in [3.63, 3.8) is 0 Å². The van der Waals surface area contributed by atoms with E-state index in [0.29, 0.717) is 10.0 Å². The van der Waals surface area contributed by atoms with E-state index < -0.39 is 0 Å². The molecule has 0 fully saturated rings. The first-order valence-corrected chi connectivity index (χ1v) is 8.66. The lowest BCUT2D eigenvalue weighted by atomic mass is 10.3. The lowest BCUT2D eigenvalue weighted by Gasteiger charge is -1.88. The van der Waals surface area contributed by atoms with Crippen LogP contribution in [0.5, 0.6) is 0 Å². The van der Waals surface area contributed by atoms with Crippen molar-refractivity contribution >= 4 is 66.3 Å². The summed E-state index contributed by atoms with van der Waals surface area (Å²) in [7, 11) is 0. The highest BCUT2D eigenvalue weighted by Gasteiger charge is 2.09. The zero-order valence-electron chi connectivity index (χ0n) is 10.6. The average Bonchev–Trinajstić information content (AvgIpc) is 3.00. The van der Waals surface area contributed by atoms with Crippen molar-refractivity contribution < 1.29 is 0 Å². The minimum atomic E-state index is 0.717. The first-order chi connectivity index (χ1) is 10.2. The number of aromatic nitrogens is 2. The van der Waals surface area contributed by atoms with Gasteiger partial charge in [-0.05, 0) is 36.4 Å².